The minimum absolute atomic E-state index is 0.272. The van der Waals surface area contributed by atoms with Crippen LogP contribution in [0.15, 0.2) is 54.6 Å². The largest absolute Gasteiger partial charge is 0.486 e. The first-order chi connectivity index (χ1) is 14.9. The van der Waals surface area contributed by atoms with Crippen molar-refractivity contribution in [2.24, 2.45) is 5.73 Å². The highest BCUT2D eigenvalue weighted by Gasteiger charge is 2.30. The van der Waals surface area contributed by atoms with Crippen LogP contribution < -0.4 is 10.5 Å². The summed E-state index contributed by atoms with van der Waals surface area (Å²) in [5.41, 5.74) is 5.64. The number of halogens is 3. The van der Waals surface area contributed by atoms with E-state index < -0.39 is 11.7 Å². The molecule has 2 N–H and O–H groups in total. The second-order valence-electron chi connectivity index (χ2n) is 7.14. The molecule has 31 heavy (non-hydrogen) atoms. The molecule has 0 aliphatic rings. The first kappa shape index (κ1) is 25.1. The van der Waals surface area contributed by atoms with Crippen LogP contribution in [0, 0.1) is 0 Å². The molecule has 0 saturated carbocycles. The number of hydrogen-bond donors (Lipinski definition) is 1. The van der Waals surface area contributed by atoms with Crippen LogP contribution in [0.25, 0.3) is 0 Å². The zero-order valence-corrected chi connectivity index (χ0v) is 17.8. The van der Waals surface area contributed by atoms with Gasteiger partial charge >= 0.3 is 6.18 Å². The average Bonchev–Trinajstić information content (AvgIpc) is 2.76. The van der Waals surface area contributed by atoms with Gasteiger partial charge in [-0.25, -0.2) is 0 Å². The maximum atomic E-state index is 12.8. The summed E-state index contributed by atoms with van der Waals surface area (Å²) in [5.74, 6) is 0.408. The molecule has 1 unspecified atom stereocenters. The van der Waals surface area contributed by atoms with Gasteiger partial charge in [0.05, 0.1) is 32.0 Å². The molecular formula is C23H31F3N2O3. The summed E-state index contributed by atoms with van der Waals surface area (Å²) in [6.07, 6.45) is -3.95. The zero-order chi connectivity index (χ0) is 22.5. The van der Waals surface area contributed by atoms with Gasteiger partial charge in [-0.15, -0.1) is 0 Å². The molecule has 8 heteroatoms. The Morgan fingerprint density at radius 2 is 1.52 bits per heavy atom. The SMILES string of the molecule is CN(CCOCCOCCN)CCC(Oc1ccc(C(F)(F)F)cc1)c1ccccc1. The third-order valence-electron chi connectivity index (χ3n) is 4.66. The van der Waals surface area contributed by atoms with Crippen LogP contribution in [0.2, 0.25) is 0 Å². The van der Waals surface area contributed by atoms with E-state index in [0.717, 1.165) is 30.8 Å². The standard InChI is InChI=1S/C23H31F3N2O3/c1-28(14-16-30-18-17-29-15-12-27)13-11-22(19-5-3-2-4-6-19)31-21-9-7-20(8-10-21)23(24,25)26/h2-10,22H,11-18,27H2,1H3. The highest BCUT2D eigenvalue weighted by Crippen LogP contribution is 2.32. The van der Waals surface area contributed by atoms with Crippen molar-refractivity contribution in [2.45, 2.75) is 18.7 Å². The third-order valence-corrected chi connectivity index (χ3v) is 4.66. The first-order valence-corrected chi connectivity index (χ1v) is 10.3. The van der Waals surface area contributed by atoms with E-state index in [9.17, 15) is 13.2 Å². The Labute approximate surface area is 181 Å². The topological polar surface area (TPSA) is 57.0 Å². The molecule has 2 aromatic carbocycles. The Bertz CT molecular complexity index is 727. The summed E-state index contributed by atoms with van der Waals surface area (Å²) in [6.45, 7) is 4.16. The van der Waals surface area contributed by atoms with Crippen molar-refractivity contribution in [3.05, 3.63) is 65.7 Å². The summed E-state index contributed by atoms with van der Waals surface area (Å²) in [4.78, 5) is 2.13. The van der Waals surface area contributed by atoms with Crippen LogP contribution in [0.1, 0.15) is 23.7 Å². The van der Waals surface area contributed by atoms with Crippen LogP contribution in [0.4, 0.5) is 13.2 Å². The fourth-order valence-corrected chi connectivity index (χ4v) is 2.92. The van der Waals surface area contributed by atoms with E-state index in [0.29, 0.717) is 45.1 Å². The van der Waals surface area contributed by atoms with Crippen LogP contribution in [-0.4, -0.2) is 58.0 Å². The number of rotatable bonds is 14. The Balaban J connectivity index is 1.85. The van der Waals surface area contributed by atoms with E-state index in [1.54, 1.807) is 0 Å². The molecule has 0 radical (unpaired) electrons. The Hall–Kier alpha value is -2.13. The zero-order valence-electron chi connectivity index (χ0n) is 17.8. The van der Waals surface area contributed by atoms with Crippen LogP contribution in [-0.2, 0) is 15.7 Å². The van der Waals surface area contributed by atoms with Crippen molar-refractivity contribution in [3.63, 3.8) is 0 Å². The third kappa shape index (κ3) is 9.69. The molecule has 0 bridgehead atoms. The predicted octanol–water partition coefficient (Wildman–Crippen LogP) is 4.14. The van der Waals surface area contributed by atoms with Crippen molar-refractivity contribution in [1.82, 2.24) is 4.90 Å². The van der Waals surface area contributed by atoms with Gasteiger partial charge in [0.2, 0.25) is 0 Å². The minimum Gasteiger partial charge on any atom is -0.486 e. The summed E-state index contributed by atoms with van der Waals surface area (Å²) >= 11 is 0. The molecule has 1 atom stereocenters. The van der Waals surface area contributed by atoms with E-state index in [4.69, 9.17) is 19.9 Å². The van der Waals surface area contributed by atoms with Crippen molar-refractivity contribution in [1.29, 1.82) is 0 Å². The quantitative estimate of drug-likeness (QED) is 0.448. The number of nitrogens with zero attached hydrogens (tertiary/aromatic N) is 1. The van der Waals surface area contributed by atoms with E-state index in [1.165, 1.54) is 12.1 Å². The van der Waals surface area contributed by atoms with Gasteiger partial charge in [0.25, 0.3) is 0 Å². The molecule has 0 aromatic heterocycles. The highest BCUT2D eigenvalue weighted by molar-refractivity contribution is 5.30. The van der Waals surface area contributed by atoms with Gasteiger partial charge in [0.15, 0.2) is 0 Å². The number of ether oxygens (including phenoxy) is 3. The van der Waals surface area contributed by atoms with Gasteiger partial charge in [-0.1, -0.05) is 30.3 Å². The molecule has 0 fully saturated rings. The van der Waals surface area contributed by atoms with Crippen molar-refractivity contribution in [3.8, 4) is 5.75 Å². The normalized spacial score (nSPS) is 12.8. The number of likely N-dealkylation sites (N-methyl/N-ethyl adjacent to an activating group) is 1. The van der Waals surface area contributed by atoms with Gasteiger partial charge in [-0.2, -0.15) is 13.2 Å². The van der Waals surface area contributed by atoms with Gasteiger partial charge in [-0.05, 0) is 36.9 Å². The second kappa shape index (κ2) is 13.3. The maximum Gasteiger partial charge on any atom is 0.416 e. The van der Waals surface area contributed by atoms with Crippen molar-refractivity contribution < 1.29 is 27.4 Å². The lowest BCUT2D eigenvalue weighted by atomic mass is 10.1. The average molecular weight is 441 g/mol. The summed E-state index contributed by atoms with van der Waals surface area (Å²) < 4.78 is 55.2. The Morgan fingerprint density at radius 1 is 0.871 bits per heavy atom. The molecule has 0 amide bonds. The molecular weight excluding hydrogens is 409 g/mol. The van der Waals surface area contributed by atoms with Crippen LogP contribution in [0.3, 0.4) is 0 Å². The smallest absolute Gasteiger partial charge is 0.416 e. The molecule has 0 saturated heterocycles. The van der Waals surface area contributed by atoms with Gasteiger partial charge in [-0.3, -0.25) is 0 Å². The minimum atomic E-state index is -4.36. The van der Waals surface area contributed by atoms with Crippen molar-refractivity contribution in [2.75, 3.05) is 53.1 Å². The Kier molecular flexibility index (Phi) is 10.8. The molecule has 0 aliphatic heterocycles. The van der Waals surface area contributed by atoms with Crippen molar-refractivity contribution >= 4 is 0 Å². The monoisotopic (exact) mass is 440 g/mol. The molecule has 0 heterocycles. The number of nitrogens with two attached hydrogens (primary N) is 1. The molecule has 2 aromatic rings. The fraction of sp³-hybridized carbons (Fsp3) is 0.478. The molecule has 172 valence electrons. The molecule has 5 nitrogen and oxygen atoms in total. The lowest BCUT2D eigenvalue weighted by Gasteiger charge is -2.23. The highest BCUT2D eigenvalue weighted by atomic mass is 19.4. The first-order valence-electron chi connectivity index (χ1n) is 10.3. The second-order valence-corrected chi connectivity index (χ2v) is 7.14. The predicted molar refractivity (Wildman–Crippen MR) is 114 cm³/mol. The van der Waals surface area contributed by atoms with E-state index in [1.807, 2.05) is 37.4 Å². The molecule has 0 aliphatic carbocycles. The van der Waals surface area contributed by atoms with Gasteiger partial charge < -0.3 is 24.8 Å². The van der Waals surface area contributed by atoms with Crippen LogP contribution >= 0.6 is 0 Å². The number of hydrogen-bond acceptors (Lipinski definition) is 5. The van der Waals surface area contributed by atoms with E-state index >= 15 is 0 Å². The summed E-state index contributed by atoms with van der Waals surface area (Å²) in [5, 5.41) is 0. The molecule has 0 spiro atoms. The number of benzene rings is 2. The lowest BCUT2D eigenvalue weighted by Crippen LogP contribution is -2.27. The van der Waals surface area contributed by atoms with E-state index in [2.05, 4.69) is 4.90 Å². The fourth-order valence-electron chi connectivity index (χ4n) is 2.92. The van der Waals surface area contributed by atoms with Gasteiger partial charge in [0, 0.05) is 26.1 Å². The van der Waals surface area contributed by atoms with Gasteiger partial charge in [0.1, 0.15) is 11.9 Å². The maximum absolute atomic E-state index is 12.8. The number of alkyl halides is 3. The van der Waals surface area contributed by atoms with E-state index in [-0.39, 0.29) is 6.10 Å². The summed E-state index contributed by atoms with van der Waals surface area (Å²) in [7, 11) is 1.99. The lowest BCUT2D eigenvalue weighted by molar-refractivity contribution is -0.137. The summed E-state index contributed by atoms with van der Waals surface area (Å²) in [6, 6.07) is 14.5. The molecule has 2 rings (SSSR count). The Morgan fingerprint density at radius 3 is 2.13 bits per heavy atom. The van der Waals surface area contributed by atoms with Crippen LogP contribution in [0.5, 0.6) is 5.75 Å².